The molecular weight excluding hydrogens is 178 g/mol. The Hall–Kier alpha value is -1.06. The highest BCUT2D eigenvalue weighted by Gasteiger charge is 2.02. The first-order valence-electron chi connectivity index (χ1n) is 4.79. The predicted octanol–water partition coefficient (Wildman–Crippen LogP) is 1.34. The molecule has 1 atom stereocenters. The van der Waals surface area contributed by atoms with Gasteiger partial charge < -0.3 is 15.2 Å². The molecule has 1 unspecified atom stereocenters. The Labute approximate surface area is 84.7 Å². The summed E-state index contributed by atoms with van der Waals surface area (Å²) < 4.78 is 5.31. The number of hydrogen-bond acceptors (Lipinski definition) is 3. The molecular formula is C11H17NO2. The SMILES string of the molecule is CNC(C)c1cccc(OCCO)c1. The molecule has 78 valence electrons. The average Bonchev–Trinajstić information content (AvgIpc) is 2.25. The first kappa shape index (κ1) is 11.0. The Balaban J connectivity index is 2.68. The number of rotatable bonds is 5. The summed E-state index contributed by atoms with van der Waals surface area (Å²) in [5.74, 6) is 0.804. The van der Waals surface area contributed by atoms with Crippen LogP contribution < -0.4 is 10.1 Å². The zero-order valence-corrected chi connectivity index (χ0v) is 8.66. The van der Waals surface area contributed by atoms with E-state index >= 15 is 0 Å². The molecule has 14 heavy (non-hydrogen) atoms. The zero-order chi connectivity index (χ0) is 10.4. The molecule has 0 aromatic heterocycles. The second kappa shape index (κ2) is 5.62. The molecule has 3 heteroatoms. The minimum absolute atomic E-state index is 0.0474. The Morgan fingerprint density at radius 3 is 2.93 bits per heavy atom. The summed E-state index contributed by atoms with van der Waals surface area (Å²) >= 11 is 0. The predicted molar refractivity (Wildman–Crippen MR) is 56.5 cm³/mol. The Bertz CT molecular complexity index is 276. The average molecular weight is 195 g/mol. The molecule has 0 spiro atoms. The van der Waals surface area contributed by atoms with Crippen molar-refractivity contribution in [3.05, 3.63) is 29.8 Å². The number of nitrogens with one attached hydrogen (secondary N) is 1. The van der Waals surface area contributed by atoms with Crippen LogP contribution in [0.5, 0.6) is 5.75 Å². The molecule has 0 amide bonds. The van der Waals surface area contributed by atoms with E-state index < -0.39 is 0 Å². The molecule has 1 aromatic rings. The van der Waals surface area contributed by atoms with Crippen molar-refractivity contribution < 1.29 is 9.84 Å². The van der Waals surface area contributed by atoms with Crippen LogP contribution in [-0.4, -0.2) is 25.4 Å². The molecule has 0 aliphatic carbocycles. The van der Waals surface area contributed by atoms with Gasteiger partial charge in [-0.1, -0.05) is 12.1 Å². The summed E-state index contributed by atoms with van der Waals surface area (Å²) in [6.07, 6.45) is 0. The Morgan fingerprint density at radius 1 is 1.50 bits per heavy atom. The van der Waals surface area contributed by atoms with E-state index in [4.69, 9.17) is 9.84 Å². The molecule has 0 fully saturated rings. The van der Waals surface area contributed by atoms with Gasteiger partial charge in [-0.3, -0.25) is 0 Å². The lowest BCUT2D eigenvalue weighted by molar-refractivity contribution is 0.201. The smallest absolute Gasteiger partial charge is 0.119 e. The lowest BCUT2D eigenvalue weighted by Crippen LogP contribution is -2.12. The van der Waals surface area contributed by atoms with Gasteiger partial charge in [-0.25, -0.2) is 0 Å². The summed E-state index contributed by atoms with van der Waals surface area (Å²) in [5, 5.41) is 11.8. The molecule has 0 saturated heterocycles. The topological polar surface area (TPSA) is 41.5 Å². The first-order chi connectivity index (χ1) is 6.77. The highest BCUT2D eigenvalue weighted by atomic mass is 16.5. The number of benzene rings is 1. The van der Waals surface area contributed by atoms with Gasteiger partial charge in [-0.05, 0) is 31.7 Å². The van der Waals surface area contributed by atoms with Crippen LogP contribution in [0.3, 0.4) is 0 Å². The fraction of sp³-hybridized carbons (Fsp3) is 0.455. The van der Waals surface area contributed by atoms with E-state index in [1.807, 2.05) is 31.3 Å². The van der Waals surface area contributed by atoms with Gasteiger partial charge in [0.05, 0.1) is 6.61 Å². The maximum absolute atomic E-state index is 8.61. The lowest BCUT2D eigenvalue weighted by atomic mass is 10.1. The third kappa shape index (κ3) is 3.01. The van der Waals surface area contributed by atoms with Crippen molar-refractivity contribution in [1.82, 2.24) is 5.32 Å². The van der Waals surface area contributed by atoms with Gasteiger partial charge in [0.2, 0.25) is 0 Å². The van der Waals surface area contributed by atoms with Crippen LogP contribution in [0.4, 0.5) is 0 Å². The standard InChI is InChI=1S/C11H17NO2/c1-9(12-2)10-4-3-5-11(8-10)14-7-6-13/h3-5,8-9,12-13H,6-7H2,1-2H3. The van der Waals surface area contributed by atoms with Crippen molar-refractivity contribution in [3.8, 4) is 5.75 Å². The Morgan fingerprint density at radius 2 is 2.29 bits per heavy atom. The molecule has 1 aromatic carbocycles. The van der Waals surface area contributed by atoms with E-state index in [-0.39, 0.29) is 6.61 Å². The van der Waals surface area contributed by atoms with Gasteiger partial charge >= 0.3 is 0 Å². The van der Waals surface area contributed by atoms with Gasteiger partial charge in [0.15, 0.2) is 0 Å². The molecule has 0 radical (unpaired) electrons. The van der Waals surface area contributed by atoms with Crippen LogP contribution in [-0.2, 0) is 0 Å². The van der Waals surface area contributed by atoms with E-state index in [2.05, 4.69) is 12.2 Å². The molecule has 3 nitrogen and oxygen atoms in total. The number of ether oxygens (including phenoxy) is 1. The minimum Gasteiger partial charge on any atom is -0.491 e. The van der Waals surface area contributed by atoms with Crippen molar-refractivity contribution >= 4 is 0 Å². The molecule has 1 rings (SSSR count). The van der Waals surface area contributed by atoms with Crippen molar-refractivity contribution in [2.45, 2.75) is 13.0 Å². The number of aliphatic hydroxyl groups is 1. The first-order valence-corrected chi connectivity index (χ1v) is 4.79. The zero-order valence-electron chi connectivity index (χ0n) is 8.66. The lowest BCUT2D eigenvalue weighted by Gasteiger charge is -2.12. The molecule has 0 aliphatic rings. The van der Waals surface area contributed by atoms with Crippen LogP contribution in [0.25, 0.3) is 0 Å². The summed E-state index contributed by atoms with van der Waals surface area (Å²) in [4.78, 5) is 0. The molecule has 0 heterocycles. The van der Waals surface area contributed by atoms with Gasteiger partial charge in [0.1, 0.15) is 12.4 Å². The van der Waals surface area contributed by atoms with Gasteiger partial charge in [-0.2, -0.15) is 0 Å². The van der Waals surface area contributed by atoms with Gasteiger partial charge in [0.25, 0.3) is 0 Å². The van der Waals surface area contributed by atoms with Crippen molar-refractivity contribution in [3.63, 3.8) is 0 Å². The van der Waals surface area contributed by atoms with Gasteiger partial charge in [-0.15, -0.1) is 0 Å². The highest BCUT2D eigenvalue weighted by molar-refractivity contribution is 5.30. The fourth-order valence-electron chi connectivity index (χ4n) is 1.20. The highest BCUT2D eigenvalue weighted by Crippen LogP contribution is 2.18. The fourth-order valence-corrected chi connectivity index (χ4v) is 1.20. The summed E-state index contributed by atoms with van der Waals surface area (Å²) in [6, 6.07) is 8.19. The van der Waals surface area contributed by atoms with Gasteiger partial charge in [0, 0.05) is 6.04 Å². The van der Waals surface area contributed by atoms with Crippen LogP contribution in [0.2, 0.25) is 0 Å². The van der Waals surface area contributed by atoms with E-state index in [9.17, 15) is 0 Å². The van der Waals surface area contributed by atoms with Crippen molar-refractivity contribution in [1.29, 1.82) is 0 Å². The second-order valence-electron chi connectivity index (χ2n) is 3.15. The number of aliphatic hydroxyl groups excluding tert-OH is 1. The van der Waals surface area contributed by atoms with E-state index in [0.717, 1.165) is 5.75 Å². The van der Waals surface area contributed by atoms with E-state index in [1.165, 1.54) is 5.56 Å². The maximum Gasteiger partial charge on any atom is 0.119 e. The third-order valence-corrected chi connectivity index (χ3v) is 2.15. The Kier molecular flexibility index (Phi) is 4.43. The monoisotopic (exact) mass is 195 g/mol. The quantitative estimate of drug-likeness (QED) is 0.745. The largest absolute Gasteiger partial charge is 0.491 e. The summed E-state index contributed by atoms with van der Waals surface area (Å²) in [5.41, 5.74) is 1.18. The minimum atomic E-state index is 0.0474. The maximum atomic E-state index is 8.61. The molecule has 0 aliphatic heterocycles. The molecule has 2 N–H and O–H groups in total. The van der Waals surface area contributed by atoms with E-state index in [1.54, 1.807) is 0 Å². The van der Waals surface area contributed by atoms with Crippen LogP contribution in [0.1, 0.15) is 18.5 Å². The summed E-state index contributed by atoms with van der Waals surface area (Å²) in [6.45, 7) is 2.48. The number of hydrogen-bond donors (Lipinski definition) is 2. The van der Waals surface area contributed by atoms with Crippen LogP contribution in [0, 0.1) is 0 Å². The van der Waals surface area contributed by atoms with Crippen LogP contribution in [0.15, 0.2) is 24.3 Å². The molecule has 0 saturated carbocycles. The summed E-state index contributed by atoms with van der Waals surface area (Å²) in [7, 11) is 1.92. The van der Waals surface area contributed by atoms with Crippen molar-refractivity contribution in [2.75, 3.05) is 20.3 Å². The van der Waals surface area contributed by atoms with E-state index in [0.29, 0.717) is 12.6 Å². The second-order valence-corrected chi connectivity index (χ2v) is 3.15. The van der Waals surface area contributed by atoms with Crippen LogP contribution >= 0.6 is 0 Å². The third-order valence-electron chi connectivity index (χ3n) is 2.15. The molecule has 0 bridgehead atoms. The van der Waals surface area contributed by atoms with Crippen molar-refractivity contribution in [2.24, 2.45) is 0 Å². The normalized spacial score (nSPS) is 12.5.